The summed E-state index contributed by atoms with van der Waals surface area (Å²) in [5.41, 5.74) is 6.69. The van der Waals surface area contributed by atoms with Crippen LogP contribution in [0.15, 0.2) is 30.3 Å². The maximum Gasteiger partial charge on any atom is 0.222 e. The minimum absolute atomic E-state index is 0.0217. The number of hydrogen-bond donors (Lipinski definition) is 2. The maximum absolute atomic E-state index is 12.3. The highest BCUT2D eigenvalue weighted by molar-refractivity contribution is 5.78. The molecule has 1 heterocycles. The summed E-state index contributed by atoms with van der Waals surface area (Å²) in [6.07, 6.45) is 2.05. The minimum atomic E-state index is -0.255. The second-order valence-electron chi connectivity index (χ2n) is 6.18. The number of nitrogens with two attached hydrogens (primary N) is 1. The van der Waals surface area contributed by atoms with Gasteiger partial charge in [-0.05, 0) is 18.4 Å². The van der Waals surface area contributed by atoms with E-state index in [1.54, 1.807) is 7.11 Å². The van der Waals surface area contributed by atoms with Crippen LogP contribution in [0.3, 0.4) is 0 Å². The number of hydrogen-bond acceptors (Lipinski definition) is 4. The molecule has 6 heteroatoms. The third kappa shape index (κ3) is 5.62. The number of ether oxygens (including phenoxy) is 1. The lowest BCUT2D eigenvalue weighted by Gasteiger charge is -2.18. The summed E-state index contributed by atoms with van der Waals surface area (Å²) in [5.74, 6) is 0.0724. The molecule has 1 fully saturated rings. The molecular weight excluding hydrogens is 306 g/mol. The SMILES string of the molecule is COC(CN)CC(=O)NC1CCN(C(=O)CCc2ccccc2)C1. The van der Waals surface area contributed by atoms with Crippen molar-refractivity contribution in [2.45, 2.75) is 37.8 Å². The van der Waals surface area contributed by atoms with Crippen molar-refractivity contribution in [3.05, 3.63) is 35.9 Å². The quantitative estimate of drug-likeness (QED) is 0.733. The Hall–Kier alpha value is -1.92. The fourth-order valence-corrected chi connectivity index (χ4v) is 2.91. The Morgan fingerprint density at radius 2 is 2.12 bits per heavy atom. The lowest BCUT2D eigenvalue weighted by Crippen LogP contribution is -2.40. The zero-order chi connectivity index (χ0) is 17.4. The number of carbonyl (C=O) groups excluding carboxylic acids is 2. The van der Waals surface area contributed by atoms with E-state index in [4.69, 9.17) is 10.5 Å². The van der Waals surface area contributed by atoms with Crippen molar-refractivity contribution in [1.82, 2.24) is 10.2 Å². The lowest BCUT2D eigenvalue weighted by atomic mass is 10.1. The molecule has 0 saturated carbocycles. The molecule has 0 spiro atoms. The van der Waals surface area contributed by atoms with Crippen molar-refractivity contribution in [1.29, 1.82) is 0 Å². The summed E-state index contributed by atoms with van der Waals surface area (Å²) in [6, 6.07) is 10.0. The van der Waals surface area contributed by atoms with Crippen molar-refractivity contribution in [2.24, 2.45) is 5.73 Å². The highest BCUT2D eigenvalue weighted by Gasteiger charge is 2.27. The molecule has 1 saturated heterocycles. The van der Waals surface area contributed by atoms with Gasteiger partial charge in [-0.2, -0.15) is 0 Å². The first-order valence-corrected chi connectivity index (χ1v) is 8.46. The van der Waals surface area contributed by atoms with Crippen LogP contribution in [0.1, 0.15) is 24.8 Å². The fraction of sp³-hybridized carbons (Fsp3) is 0.556. The number of nitrogens with zero attached hydrogens (tertiary/aromatic N) is 1. The van der Waals surface area contributed by atoms with Crippen LogP contribution < -0.4 is 11.1 Å². The summed E-state index contributed by atoms with van der Waals surface area (Å²) in [6.45, 7) is 1.60. The molecule has 132 valence electrons. The first-order valence-electron chi connectivity index (χ1n) is 8.46. The summed E-state index contributed by atoms with van der Waals surface area (Å²) in [4.78, 5) is 26.1. The molecule has 2 unspecified atom stereocenters. The topological polar surface area (TPSA) is 84.7 Å². The molecule has 0 radical (unpaired) electrons. The van der Waals surface area contributed by atoms with E-state index in [2.05, 4.69) is 5.32 Å². The van der Waals surface area contributed by atoms with E-state index in [9.17, 15) is 9.59 Å². The Bertz CT molecular complexity index is 532. The Kier molecular flexibility index (Phi) is 7.21. The van der Waals surface area contributed by atoms with Crippen LogP contribution in [0, 0.1) is 0 Å². The molecular formula is C18H27N3O3. The highest BCUT2D eigenvalue weighted by Crippen LogP contribution is 2.13. The van der Waals surface area contributed by atoms with Crippen LogP contribution in [-0.4, -0.2) is 55.6 Å². The Balaban J connectivity index is 1.72. The first kappa shape index (κ1) is 18.4. The van der Waals surface area contributed by atoms with Crippen molar-refractivity contribution in [3.8, 4) is 0 Å². The number of aryl methyl sites for hydroxylation is 1. The Morgan fingerprint density at radius 1 is 1.38 bits per heavy atom. The van der Waals surface area contributed by atoms with Gasteiger partial charge in [0, 0.05) is 39.2 Å². The van der Waals surface area contributed by atoms with E-state index in [-0.39, 0.29) is 30.4 Å². The van der Waals surface area contributed by atoms with Gasteiger partial charge >= 0.3 is 0 Å². The Morgan fingerprint density at radius 3 is 2.79 bits per heavy atom. The largest absolute Gasteiger partial charge is 0.380 e. The molecule has 1 aromatic rings. The van der Waals surface area contributed by atoms with Crippen LogP contribution in [0.4, 0.5) is 0 Å². The van der Waals surface area contributed by atoms with Gasteiger partial charge in [-0.15, -0.1) is 0 Å². The van der Waals surface area contributed by atoms with Gasteiger partial charge in [0.2, 0.25) is 11.8 Å². The molecule has 3 N–H and O–H groups in total. The lowest BCUT2D eigenvalue weighted by molar-refractivity contribution is -0.130. The number of methoxy groups -OCH3 is 1. The molecule has 2 rings (SSSR count). The molecule has 6 nitrogen and oxygen atoms in total. The molecule has 2 amide bonds. The van der Waals surface area contributed by atoms with Gasteiger partial charge in [-0.3, -0.25) is 9.59 Å². The number of rotatable bonds is 8. The predicted molar refractivity (Wildman–Crippen MR) is 92.4 cm³/mol. The molecule has 2 atom stereocenters. The molecule has 1 aliphatic heterocycles. The second-order valence-corrected chi connectivity index (χ2v) is 6.18. The van der Waals surface area contributed by atoms with E-state index in [1.165, 1.54) is 5.56 Å². The van der Waals surface area contributed by atoms with E-state index in [1.807, 2.05) is 35.2 Å². The van der Waals surface area contributed by atoms with E-state index < -0.39 is 0 Å². The summed E-state index contributed by atoms with van der Waals surface area (Å²) in [7, 11) is 1.55. The molecule has 0 bridgehead atoms. The maximum atomic E-state index is 12.3. The highest BCUT2D eigenvalue weighted by atomic mass is 16.5. The van der Waals surface area contributed by atoms with Crippen LogP contribution in [-0.2, 0) is 20.7 Å². The van der Waals surface area contributed by atoms with Crippen molar-refractivity contribution in [2.75, 3.05) is 26.7 Å². The van der Waals surface area contributed by atoms with Crippen molar-refractivity contribution in [3.63, 3.8) is 0 Å². The third-order valence-corrected chi connectivity index (χ3v) is 4.39. The second kappa shape index (κ2) is 9.39. The zero-order valence-corrected chi connectivity index (χ0v) is 14.2. The van der Waals surface area contributed by atoms with Crippen LogP contribution in [0.2, 0.25) is 0 Å². The number of benzene rings is 1. The number of likely N-dealkylation sites (tertiary alicyclic amines) is 1. The van der Waals surface area contributed by atoms with Crippen LogP contribution in [0.25, 0.3) is 0 Å². The van der Waals surface area contributed by atoms with Gasteiger partial charge in [0.15, 0.2) is 0 Å². The summed E-state index contributed by atoms with van der Waals surface area (Å²) >= 11 is 0. The monoisotopic (exact) mass is 333 g/mol. The van der Waals surface area contributed by atoms with Gasteiger partial charge < -0.3 is 20.7 Å². The molecule has 24 heavy (non-hydrogen) atoms. The first-order chi connectivity index (χ1) is 11.6. The van der Waals surface area contributed by atoms with Crippen molar-refractivity contribution >= 4 is 11.8 Å². The number of nitrogens with one attached hydrogen (secondary N) is 1. The average molecular weight is 333 g/mol. The third-order valence-electron chi connectivity index (χ3n) is 4.39. The predicted octanol–water partition coefficient (Wildman–Crippen LogP) is 0.700. The van der Waals surface area contributed by atoms with Crippen molar-refractivity contribution < 1.29 is 14.3 Å². The van der Waals surface area contributed by atoms with E-state index in [0.29, 0.717) is 26.1 Å². The zero-order valence-electron chi connectivity index (χ0n) is 14.2. The number of carbonyl (C=O) groups is 2. The van der Waals surface area contributed by atoms with E-state index >= 15 is 0 Å². The summed E-state index contributed by atoms with van der Waals surface area (Å²) < 4.78 is 5.12. The standard InChI is InChI=1S/C18H27N3O3/c1-24-16(12-19)11-17(22)20-15-9-10-21(13-15)18(23)8-7-14-5-3-2-4-6-14/h2-6,15-16H,7-13,19H2,1H3,(H,20,22). The Labute approximate surface area is 143 Å². The van der Waals surface area contributed by atoms with Crippen LogP contribution >= 0.6 is 0 Å². The molecule has 1 aliphatic rings. The summed E-state index contributed by atoms with van der Waals surface area (Å²) in [5, 5.41) is 2.97. The normalized spacial score (nSPS) is 18.4. The molecule has 0 aliphatic carbocycles. The smallest absolute Gasteiger partial charge is 0.222 e. The fourth-order valence-electron chi connectivity index (χ4n) is 2.91. The van der Waals surface area contributed by atoms with Gasteiger partial charge in [-0.1, -0.05) is 30.3 Å². The molecule has 0 aromatic heterocycles. The van der Waals surface area contributed by atoms with Gasteiger partial charge in [-0.25, -0.2) is 0 Å². The van der Waals surface area contributed by atoms with Crippen LogP contribution in [0.5, 0.6) is 0 Å². The number of amides is 2. The van der Waals surface area contributed by atoms with Gasteiger partial charge in [0.1, 0.15) is 0 Å². The van der Waals surface area contributed by atoms with E-state index in [0.717, 1.165) is 12.8 Å². The minimum Gasteiger partial charge on any atom is -0.380 e. The molecule has 1 aromatic carbocycles. The van der Waals surface area contributed by atoms with Gasteiger partial charge in [0.05, 0.1) is 12.5 Å². The average Bonchev–Trinajstić information content (AvgIpc) is 3.07. The van der Waals surface area contributed by atoms with Gasteiger partial charge in [0.25, 0.3) is 0 Å².